The maximum Gasteiger partial charge on any atom is 0.0734 e. The van der Waals surface area contributed by atoms with E-state index in [2.05, 4.69) is 181 Å². The lowest BCUT2D eigenvalue weighted by atomic mass is 9.67. The van der Waals surface area contributed by atoms with Crippen LogP contribution in [0.3, 0.4) is 0 Å². The number of aromatic nitrogens is 2. The van der Waals surface area contributed by atoms with Gasteiger partial charge < -0.3 is 9.13 Å². The highest BCUT2D eigenvalue weighted by molar-refractivity contribution is 6.13. The summed E-state index contributed by atoms with van der Waals surface area (Å²) in [6.07, 6.45) is 0.889. The fourth-order valence-electron chi connectivity index (χ4n) is 8.97. The molecular formula is C46H34N2. The molecule has 0 saturated carbocycles. The molecule has 2 heterocycles. The molecule has 228 valence electrons. The second-order valence-corrected chi connectivity index (χ2v) is 13.4. The molecule has 0 spiro atoms. The van der Waals surface area contributed by atoms with Gasteiger partial charge in [0, 0.05) is 57.8 Å². The summed E-state index contributed by atoms with van der Waals surface area (Å²) >= 11 is 0. The third kappa shape index (κ3) is 3.58. The first-order valence-corrected chi connectivity index (χ1v) is 16.9. The Hall–Kier alpha value is -5.86. The monoisotopic (exact) mass is 614 g/mol. The van der Waals surface area contributed by atoms with Gasteiger partial charge in [-0.25, -0.2) is 0 Å². The van der Waals surface area contributed by atoms with Gasteiger partial charge in [0.05, 0.1) is 10.9 Å². The molecule has 0 aliphatic heterocycles. The number of rotatable bonds is 4. The summed E-state index contributed by atoms with van der Waals surface area (Å²) in [4.78, 5) is 0. The molecule has 9 aromatic rings. The zero-order valence-electron chi connectivity index (χ0n) is 27.1. The number of hydrogen-bond donors (Lipinski definition) is 0. The highest BCUT2D eigenvalue weighted by atomic mass is 14.9. The summed E-state index contributed by atoms with van der Waals surface area (Å²) < 4.78 is 4.75. The van der Waals surface area contributed by atoms with Gasteiger partial charge in [-0.15, -0.1) is 0 Å². The topological polar surface area (TPSA) is 9.86 Å². The predicted octanol–water partition coefficient (Wildman–Crippen LogP) is 10.9. The first-order chi connectivity index (χ1) is 23.6. The SMILES string of the molecule is Cn1c2ccccc2c2cc(Cc3ccc4c(c3)c3ccc5c(c3n4C)C(c3ccccc3)(c3ccccc3)c3ccccc3-5)ccc21. The van der Waals surface area contributed by atoms with E-state index in [0.29, 0.717) is 0 Å². The molecule has 0 saturated heterocycles. The van der Waals surface area contributed by atoms with Gasteiger partial charge in [0.2, 0.25) is 0 Å². The van der Waals surface area contributed by atoms with Gasteiger partial charge in [-0.05, 0) is 75.7 Å². The highest BCUT2D eigenvalue weighted by Gasteiger charge is 2.47. The van der Waals surface area contributed by atoms with Crippen molar-refractivity contribution in [2.24, 2.45) is 14.1 Å². The maximum atomic E-state index is 2.45. The number of aryl methyl sites for hydroxylation is 2. The van der Waals surface area contributed by atoms with E-state index in [-0.39, 0.29) is 0 Å². The third-order valence-electron chi connectivity index (χ3n) is 11.0. The molecule has 0 amide bonds. The quantitative estimate of drug-likeness (QED) is 0.187. The number of fused-ring (bicyclic) bond motifs is 10. The van der Waals surface area contributed by atoms with Crippen molar-refractivity contribution in [2.75, 3.05) is 0 Å². The van der Waals surface area contributed by atoms with Gasteiger partial charge >= 0.3 is 0 Å². The van der Waals surface area contributed by atoms with Gasteiger partial charge in [-0.3, -0.25) is 0 Å². The second kappa shape index (κ2) is 10.1. The Labute approximate surface area is 280 Å². The summed E-state index contributed by atoms with van der Waals surface area (Å²) in [5, 5.41) is 5.26. The molecule has 0 atom stereocenters. The zero-order valence-corrected chi connectivity index (χ0v) is 27.1. The average molecular weight is 615 g/mol. The van der Waals surface area contributed by atoms with E-state index in [9.17, 15) is 0 Å². The van der Waals surface area contributed by atoms with Gasteiger partial charge in [0.1, 0.15) is 0 Å². The summed E-state index contributed by atoms with van der Waals surface area (Å²) in [5.74, 6) is 0. The highest BCUT2D eigenvalue weighted by Crippen LogP contribution is 2.58. The van der Waals surface area contributed by atoms with E-state index in [1.807, 2.05) is 0 Å². The van der Waals surface area contributed by atoms with Gasteiger partial charge in [-0.1, -0.05) is 127 Å². The first-order valence-electron chi connectivity index (χ1n) is 16.9. The molecule has 0 unspecified atom stereocenters. The van der Waals surface area contributed by atoms with Crippen molar-refractivity contribution in [3.05, 3.63) is 191 Å². The molecule has 2 nitrogen and oxygen atoms in total. The molecule has 2 heteroatoms. The molecule has 0 bridgehead atoms. The van der Waals surface area contributed by atoms with Crippen LogP contribution < -0.4 is 0 Å². The van der Waals surface area contributed by atoms with E-state index >= 15 is 0 Å². The average Bonchev–Trinajstić information content (AvgIpc) is 3.72. The summed E-state index contributed by atoms with van der Waals surface area (Å²) in [6, 6.07) is 58.8. The van der Waals surface area contributed by atoms with Crippen molar-refractivity contribution in [3.63, 3.8) is 0 Å². The Bertz CT molecular complexity index is 2670. The Morgan fingerprint density at radius 2 is 1.00 bits per heavy atom. The minimum absolute atomic E-state index is 0.438. The molecule has 2 aromatic heterocycles. The van der Waals surface area contributed by atoms with Gasteiger partial charge in [-0.2, -0.15) is 0 Å². The van der Waals surface area contributed by atoms with E-state index in [0.717, 1.165) is 6.42 Å². The number of nitrogens with zero attached hydrogens (tertiary/aromatic N) is 2. The van der Waals surface area contributed by atoms with Crippen molar-refractivity contribution in [2.45, 2.75) is 11.8 Å². The fourth-order valence-corrected chi connectivity index (χ4v) is 8.97. The molecule has 1 aliphatic carbocycles. The van der Waals surface area contributed by atoms with Crippen LogP contribution in [0.5, 0.6) is 0 Å². The van der Waals surface area contributed by atoms with E-state index in [1.165, 1.54) is 88.1 Å². The van der Waals surface area contributed by atoms with Crippen molar-refractivity contribution in [1.29, 1.82) is 0 Å². The van der Waals surface area contributed by atoms with Crippen molar-refractivity contribution in [1.82, 2.24) is 9.13 Å². The van der Waals surface area contributed by atoms with Crippen LogP contribution in [0.2, 0.25) is 0 Å². The summed E-state index contributed by atoms with van der Waals surface area (Å²) in [6.45, 7) is 0. The normalized spacial score (nSPS) is 13.5. The Kier molecular flexibility index (Phi) is 5.72. The number of benzene rings is 7. The molecule has 0 N–H and O–H groups in total. The summed E-state index contributed by atoms with van der Waals surface area (Å²) in [5.41, 5.74) is 15.3. The van der Waals surface area contributed by atoms with Gasteiger partial charge in [0.25, 0.3) is 0 Å². The third-order valence-corrected chi connectivity index (χ3v) is 11.0. The van der Waals surface area contributed by atoms with Crippen LogP contribution in [-0.4, -0.2) is 9.13 Å². The van der Waals surface area contributed by atoms with Crippen LogP contribution in [0, 0.1) is 0 Å². The van der Waals surface area contributed by atoms with Crippen LogP contribution in [-0.2, 0) is 25.9 Å². The summed E-state index contributed by atoms with van der Waals surface area (Å²) in [7, 11) is 4.42. The van der Waals surface area contributed by atoms with Crippen molar-refractivity contribution in [3.8, 4) is 11.1 Å². The lowest BCUT2D eigenvalue weighted by Gasteiger charge is -2.34. The molecule has 0 radical (unpaired) electrons. The van der Waals surface area contributed by atoms with Crippen LogP contribution in [0.4, 0.5) is 0 Å². The zero-order chi connectivity index (χ0) is 32.0. The molecule has 10 rings (SSSR count). The van der Waals surface area contributed by atoms with Crippen LogP contribution in [0.15, 0.2) is 158 Å². The lowest BCUT2D eigenvalue weighted by Crippen LogP contribution is -2.29. The van der Waals surface area contributed by atoms with Crippen molar-refractivity contribution < 1.29 is 0 Å². The Morgan fingerprint density at radius 1 is 0.438 bits per heavy atom. The number of hydrogen-bond acceptors (Lipinski definition) is 0. The Morgan fingerprint density at radius 3 is 1.71 bits per heavy atom. The van der Waals surface area contributed by atoms with Crippen LogP contribution in [0.25, 0.3) is 54.7 Å². The fraction of sp³-hybridized carbons (Fsp3) is 0.0870. The molecule has 48 heavy (non-hydrogen) atoms. The molecule has 0 fully saturated rings. The van der Waals surface area contributed by atoms with Gasteiger partial charge in [0.15, 0.2) is 0 Å². The standard InChI is InChI=1S/C46H34N2/c1-47-41-20-12-10-18-35(41)38-28-30(21-25-42(38)47)27-31-22-26-43-39(29-31)37-24-23-36-34-17-9-11-19-40(34)46(32-13-5-3-6-14-32,33-15-7-4-8-16-33)44(36)45(37)48(43)2/h3-26,28-29H,27H2,1-2H3. The van der Waals surface area contributed by atoms with Crippen LogP contribution in [0.1, 0.15) is 33.4 Å². The molecule has 1 aliphatic rings. The largest absolute Gasteiger partial charge is 0.344 e. The smallest absolute Gasteiger partial charge is 0.0734 e. The second-order valence-electron chi connectivity index (χ2n) is 13.4. The molecule has 7 aromatic carbocycles. The molecular weight excluding hydrogens is 581 g/mol. The Balaban J connectivity index is 1.20. The minimum atomic E-state index is -0.438. The first kappa shape index (κ1) is 27.3. The van der Waals surface area contributed by atoms with Crippen molar-refractivity contribution >= 4 is 43.6 Å². The number of para-hydroxylation sites is 1. The maximum absolute atomic E-state index is 2.45. The van der Waals surface area contributed by atoms with E-state index in [4.69, 9.17) is 0 Å². The van der Waals surface area contributed by atoms with E-state index < -0.39 is 5.41 Å². The van der Waals surface area contributed by atoms with Crippen LogP contribution >= 0.6 is 0 Å². The minimum Gasteiger partial charge on any atom is -0.344 e. The lowest BCUT2D eigenvalue weighted by molar-refractivity contribution is 0.769. The van der Waals surface area contributed by atoms with E-state index in [1.54, 1.807) is 0 Å². The predicted molar refractivity (Wildman–Crippen MR) is 201 cm³/mol.